The van der Waals surface area contributed by atoms with Crippen molar-refractivity contribution in [1.29, 1.82) is 0 Å². The summed E-state index contributed by atoms with van der Waals surface area (Å²) in [5, 5.41) is 12.9. The van der Waals surface area contributed by atoms with Gasteiger partial charge < -0.3 is 16.0 Å². The highest BCUT2D eigenvalue weighted by molar-refractivity contribution is 6.00. The largest absolute Gasteiger partial charge is 0.416 e. The highest BCUT2D eigenvalue weighted by atomic mass is 19.4. The molecule has 36 heavy (non-hydrogen) atoms. The topological polar surface area (TPSA) is 96.8 Å². The number of halogens is 3. The number of aryl methyl sites for hydroxylation is 3. The van der Waals surface area contributed by atoms with Crippen molar-refractivity contribution in [2.24, 2.45) is 0 Å². The lowest BCUT2D eigenvalue weighted by molar-refractivity contribution is -0.137. The van der Waals surface area contributed by atoms with E-state index < -0.39 is 17.8 Å². The normalized spacial score (nSPS) is 11.3. The van der Waals surface area contributed by atoms with Crippen LogP contribution >= 0.6 is 0 Å². The molecular weight excluding hydrogens is 471 g/mol. The van der Waals surface area contributed by atoms with E-state index in [2.05, 4.69) is 31.0 Å². The fourth-order valence-corrected chi connectivity index (χ4v) is 3.50. The second-order valence-corrected chi connectivity index (χ2v) is 8.12. The zero-order valence-electron chi connectivity index (χ0n) is 19.8. The molecule has 2 amide bonds. The molecule has 2 aromatic carbocycles. The first-order chi connectivity index (χ1) is 17.1. The second-order valence-electron chi connectivity index (χ2n) is 8.12. The van der Waals surface area contributed by atoms with E-state index >= 15 is 0 Å². The number of rotatable bonds is 6. The van der Waals surface area contributed by atoms with E-state index in [4.69, 9.17) is 0 Å². The van der Waals surface area contributed by atoms with Gasteiger partial charge in [-0.15, -0.1) is 0 Å². The number of aromatic nitrogens is 4. The maximum Gasteiger partial charge on any atom is 0.416 e. The molecule has 3 N–H and O–H groups in total. The van der Waals surface area contributed by atoms with E-state index in [1.54, 1.807) is 16.8 Å². The van der Waals surface area contributed by atoms with E-state index in [9.17, 15) is 18.0 Å². The molecule has 0 aliphatic rings. The molecule has 0 aliphatic carbocycles. The molecule has 186 valence electrons. The molecule has 8 nitrogen and oxygen atoms in total. The Labute approximate surface area is 205 Å². The molecule has 2 aromatic heterocycles. The fraction of sp³-hybridized carbons (Fsp3) is 0.200. The Hall–Kier alpha value is -4.41. The van der Waals surface area contributed by atoms with Crippen LogP contribution in [0.25, 0.3) is 5.82 Å². The Kier molecular flexibility index (Phi) is 6.91. The van der Waals surface area contributed by atoms with Crippen molar-refractivity contribution in [3.05, 3.63) is 83.4 Å². The van der Waals surface area contributed by atoms with Gasteiger partial charge in [0, 0.05) is 34.9 Å². The van der Waals surface area contributed by atoms with Crippen LogP contribution in [0.1, 0.15) is 29.4 Å². The summed E-state index contributed by atoms with van der Waals surface area (Å²) in [5.74, 6) is 1.28. The average molecular weight is 496 g/mol. The number of hydrogen-bond acceptors (Lipinski definition) is 5. The van der Waals surface area contributed by atoms with Gasteiger partial charge in [0.1, 0.15) is 12.1 Å². The maximum absolute atomic E-state index is 12.9. The molecule has 4 rings (SSSR count). The summed E-state index contributed by atoms with van der Waals surface area (Å²) in [6.45, 7) is 5.78. The number of urea groups is 1. The Bertz CT molecular complexity index is 1400. The Morgan fingerprint density at radius 3 is 2.44 bits per heavy atom. The molecule has 0 spiro atoms. The highest BCUT2D eigenvalue weighted by Crippen LogP contribution is 2.31. The van der Waals surface area contributed by atoms with Crippen molar-refractivity contribution in [3.63, 3.8) is 0 Å². The van der Waals surface area contributed by atoms with Crippen molar-refractivity contribution in [3.8, 4) is 5.82 Å². The third-order valence-corrected chi connectivity index (χ3v) is 5.33. The first kappa shape index (κ1) is 24.7. The van der Waals surface area contributed by atoms with Gasteiger partial charge in [-0.3, -0.25) is 0 Å². The van der Waals surface area contributed by atoms with Crippen molar-refractivity contribution in [2.45, 2.75) is 33.4 Å². The zero-order valence-corrected chi connectivity index (χ0v) is 19.8. The first-order valence-electron chi connectivity index (χ1n) is 11.1. The molecule has 4 aromatic rings. The smallest absolute Gasteiger partial charge is 0.340 e. The number of benzene rings is 2. The lowest BCUT2D eigenvalue weighted by Gasteiger charge is -2.14. The molecule has 0 aliphatic heterocycles. The van der Waals surface area contributed by atoms with Gasteiger partial charge in [-0.05, 0) is 56.2 Å². The van der Waals surface area contributed by atoms with E-state index in [0.29, 0.717) is 23.0 Å². The van der Waals surface area contributed by atoms with Gasteiger partial charge in [-0.25, -0.2) is 14.8 Å². The van der Waals surface area contributed by atoms with Gasteiger partial charge in [0.25, 0.3) is 0 Å². The molecule has 0 saturated carbocycles. The van der Waals surface area contributed by atoms with Gasteiger partial charge in [-0.2, -0.15) is 23.0 Å². The van der Waals surface area contributed by atoms with Crippen LogP contribution in [0.5, 0.6) is 0 Å². The average Bonchev–Trinajstić information content (AvgIpc) is 3.20. The third kappa shape index (κ3) is 5.80. The number of carbonyl (C=O) groups is 1. The van der Waals surface area contributed by atoms with E-state index in [1.807, 2.05) is 39.0 Å². The van der Waals surface area contributed by atoms with Crippen molar-refractivity contribution < 1.29 is 18.0 Å². The highest BCUT2D eigenvalue weighted by Gasteiger charge is 2.30. The molecule has 0 saturated heterocycles. The Morgan fingerprint density at radius 2 is 1.72 bits per heavy atom. The summed E-state index contributed by atoms with van der Waals surface area (Å²) in [6, 6.07) is 12.7. The predicted molar refractivity (Wildman–Crippen MR) is 132 cm³/mol. The van der Waals surface area contributed by atoms with Gasteiger partial charge in [0.2, 0.25) is 0 Å². The summed E-state index contributed by atoms with van der Waals surface area (Å²) in [5.41, 5.74) is 2.91. The lowest BCUT2D eigenvalue weighted by atomic mass is 10.1. The molecule has 0 unspecified atom stereocenters. The number of carbonyl (C=O) groups excluding carboxylic acids is 1. The van der Waals surface area contributed by atoms with Gasteiger partial charge >= 0.3 is 12.2 Å². The number of amides is 2. The maximum atomic E-state index is 12.9. The fourth-order valence-electron chi connectivity index (χ4n) is 3.50. The van der Waals surface area contributed by atoms with Crippen molar-refractivity contribution >= 4 is 28.9 Å². The molecular formula is C25H24F3N7O. The first-order valence-corrected chi connectivity index (χ1v) is 11.1. The number of anilines is 4. The Balaban J connectivity index is 1.52. The second kappa shape index (κ2) is 10.1. The van der Waals surface area contributed by atoms with Crippen molar-refractivity contribution in [2.75, 3.05) is 16.0 Å². The standard InChI is InChI=1S/C25H24F3N7O/c1-4-18-13-22(30-14-29-18)35-23(10-16(3)34-35)33-21-12-20(9-8-15(21)2)32-24(36)31-19-7-5-6-17(11-19)25(26,27)28/h5-14,33H,4H2,1-3H3,(H2,31,32,36). The Morgan fingerprint density at radius 1 is 0.972 bits per heavy atom. The monoisotopic (exact) mass is 495 g/mol. The zero-order chi connectivity index (χ0) is 25.9. The molecule has 2 heterocycles. The number of hydrogen-bond donors (Lipinski definition) is 3. The van der Waals surface area contributed by atoms with Crippen LogP contribution in [0.15, 0.2) is 60.9 Å². The van der Waals surface area contributed by atoms with Crippen molar-refractivity contribution in [1.82, 2.24) is 19.7 Å². The van der Waals surface area contributed by atoms with Gasteiger partial charge in [-0.1, -0.05) is 19.1 Å². The van der Waals surface area contributed by atoms with Crippen LogP contribution < -0.4 is 16.0 Å². The quantitative estimate of drug-likeness (QED) is 0.294. The lowest BCUT2D eigenvalue weighted by Crippen LogP contribution is -2.20. The van der Waals surface area contributed by atoms with Crippen LogP contribution in [-0.2, 0) is 12.6 Å². The van der Waals surface area contributed by atoms with Crippen LogP contribution in [0.2, 0.25) is 0 Å². The number of alkyl halides is 3. The van der Waals surface area contributed by atoms with Gasteiger partial charge in [0.15, 0.2) is 5.82 Å². The molecule has 0 bridgehead atoms. The summed E-state index contributed by atoms with van der Waals surface area (Å²) in [6.07, 6.45) is -2.25. The third-order valence-electron chi connectivity index (χ3n) is 5.33. The van der Waals surface area contributed by atoms with E-state index in [1.165, 1.54) is 18.5 Å². The minimum atomic E-state index is -4.50. The predicted octanol–water partition coefficient (Wildman–Crippen LogP) is 6.25. The van der Waals surface area contributed by atoms with Gasteiger partial charge in [0.05, 0.1) is 11.3 Å². The van der Waals surface area contributed by atoms with E-state index in [0.717, 1.165) is 35.5 Å². The van der Waals surface area contributed by atoms with E-state index in [-0.39, 0.29) is 5.69 Å². The molecule has 0 fully saturated rings. The molecule has 0 atom stereocenters. The minimum Gasteiger partial charge on any atom is -0.340 e. The molecule has 11 heteroatoms. The summed E-state index contributed by atoms with van der Waals surface area (Å²) >= 11 is 0. The molecule has 0 radical (unpaired) electrons. The SMILES string of the molecule is CCc1cc(-n2nc(C)cc2Nc2cc(NC(=O)Nc3cccc(C(F)(F)F)c3)ccc2C)ncn1. The van der Waals surface area contributed by atoms with Crippen LogP contribution in [0.3, 0.4) is 0 Å². The summed E-state index contributed by atoms with van der Waals surface area (Å²) < 4.78 is 40.5. The van der Waals surface area contributed by atoms with Crippen LogP contribution in [-0.4, -0.2) is 25.8 Å². The van der Waals surface area contributed by atoms with Crippen LogP contribution in [0.4, 0.5) is 40.8 Å². The summed E-state index contributed by atoms with van der Waals surface area (Å²) in [7, 11) is 0. The number of nitrogens with one attached hydrogen (secondary N) is 3. The minimum absolute atomic E-state index is 0.0310. The number of nitrogens with zero attached hydrogens (tertiary/aromatic N) is 4. The summed E-state index contributed by atoms with van der Waals surface area (Å²) in [4.78, 5) is 21.0. The van der Waals surface area contributed by atoms with Crippen LogP contribution in [0, 0.1) is 13.8 Å².